The van der Waals surface area contributed by atoms with E-state index < -0.39 is 17.9 Å². The van der Waals surface area contributed by atoms with E-state index in [0.717, 1.165) is 72.7 Å². The normalized spacial score (nSPS) is 21.7. The summed E-state index contributed by atoms with van der Waals surface area (Å²) < 4.78 is 16.4. The van der Waals surface area contributed by atoms with Crippen molar-refractivity contribution in [1.82, 2.24) is 9.88 Å². The molecule has 9 heteroatoms. The molecule has 3 aliphatic rings. The standard InChI is InChI=1S/C32H37ClN2O6/c1-2-39-30(36)21-41-31(37)22-7-12-29-27(19-22)25(26-5-3-15-34-28(26)20-40-29)6-4-16-35-17-13-32(38,14-18-35)23-8-10-24(33)11-9-23/h3,5-8,10-12,15,19,23,30,36,38H,2,4,9,13-14,16-18,20-21H2,1H3/b25-6+. The van der Waals surface area contributed by atoms with Crippen molar-refractivity contribution in [3.05, 3.63) is 88.2 Å². The van der Waals surface area contributed by atoms with Gasteiger partial charge in [0.15, 0.2) is 6.29 Å². The van der Waals surface area contributed by atoms with Crippen molar-refractivity contribution in [2.24, 2.45) is 5.92 Å². The average molecular weight is 581 g/mol. The van der Waals surface area contributed by atoms with Gasteiger partial charge in [-0.25, -0.2) is 4.79 Å². The zero-order chi connectivity index (χ0) is 28.8. The van der Waals surface area contributed by atoms with Gasteiger partial charge in [-0.05, 0) is 68.5 Å². The number of aliphatic hydroxyl groups is 2. The fourth-order valence-corrected chi connectivity index (χ4v) is 5.85. The van der Waals surface area contributed by atoms with Gasteiger partial charge in [0.2, 0.25) is 0 Å². The molecule has 2 atom stereocenters. The molecule has 0 spiro atoms. The second kappa shape index (κ2) is 13.3. The Balaban J connectivity index is 1.29. The Morgan fingerprint density at radius 2 is 2.12 bits per heavy atom. The quantitative estimate of drug-likeness (QED) is 0.321. The number of aliphatic hydroxyl groups excluding tert-OH is 1. The number of benzene rings is 1. The molecule has 1 fully saturated rings. The number of aromatic nitrogens is 1. The molecule has 2 unspecified atom stereocenters. The highest BCUT2D eigenvalue weighted by atomic mass is 35.5. The number of fused-ring (bicyclic) bond motifs is 2. The van der Waals surface area contributed by atoms with E-state index in [-0.39, 0.29) is 12.5 Å². The molecule has 1 aliphatic carbocycles. The number of piperidine rings is 1. The van der Waals surface area contributed by atoms with Gasteiger partial charge < -0.3 is 29.3 Å². The maximum atomic E-state index is 12.8. The Morgan fingerprint density at radius 1 is 1.29 bits per heavy atom. The number of likely N-dealkylation sites (tertiary alicyclic amines) is 1. The average Bonchev–Trinajstić information content (AvgIpc) is 3.14. The van der Waals surface area contributed by atoms with Crippen LogP contribution in [-0.2, 0) is 16.1 Å². The van der Waals surface area contributed by atoms with Crippen molar-refractivity contribution >= 4 is 23.1 Å². The summed E-state index contributed by atoms with van der Waals surface area (Å²) in [6.45, 7) is 4.64. The molecule has 8 nitrogen and oxygen atoms in total. The van der Waals surface area contributed by atoms with Gasteiger partial charge in [0.25, 0.3) is 0 Å². The van der Waals surface area contributed by atoms with Crippen LogP contribution in [0, 0.1) is 5.92 Å². The van der Waals surface area contributed by atoms with Crippen LogP contribution in [-0.4, -0.2) is 70.8 Å². The van der Waals surface area contributed by atoms with Crippen LogP contribution in [0.3, 0.4) is 0 Å². The number of hydrogen-bond acceptors (Lipinski definition) is 8. The Labute approximate surface area is 245 Å². The molecular formula is C32H37ClN2O6. The molecule has 0 radical (unpaired) electrons. The maximum absolute atomic E-state index is 12.8. The second-order valence-corrected chi connectivity index (χ2v) is 11.1. The number of carbonyl (C=O) groups excluding carboxylic acids is 1. The van der Waals surface area contributed by atoms with E-state index >= 15 is 0 Å². The summed E-state index contributed by atoms with van der Waals surface area (Å²) in [6, 6.07) is 9.14. The number of pyridine rings is 1. The first-order valence-electron chi connectivity index (χ1n) is 14.2. The smallest absolute Gasteiger partial charge is 0.338 e. The zero-order valence-electron chi connectivity index (χ0n) is 23.3. The molecule has 5 rings (SSSR count). The molecule has 218 valence electrons. The topological polar surface area (TPSA) is 101 Å². The highest BCUT2D eigenvalue weighted by Gasteiger charge is 2.38. The zero-order valence-corrected chi connectivity index (χ0v) is 24.1. The van der Waals surface area contributed by atoms with Gasteiger partial charge in [-0.3, -0.25) is 4.98 Å². The minimum atomic E-state index is -1.17. The van der Waals surface area contributed by atoms with E-state index in [1.54, 1.807) is 31.3 Å². The monoisotopic (exact) mass is 580 g/mol. The molecular weight excluding hydrogens is 544 g/mol. The number of hydrogen-bond donors (Lipinski definition) is 2. The molecule has 1 aromatic heterocycles. The molecule has 2 N–H and O–H groups in total. The number of ether oxygens (including phenoxy) is 3. The maximum Gasteiger partial charge on any atom is 0.338 e. The minimum Gasteiger partial charge on any atom is -0.487 e. The number of rotatable bonds is 9. The van der Waals surface area contributed by atoms with Crippen molar-refractivity contribution in [2.45, 2.75) is 51.1 Å². The van der Waals surface area contributed by atoms with Crippen molar-refractivity contribution < 1.29 is 29.2 Å². The molecule has 0 bridgehead atoms. The lowest BCUT2D eigenvalue weighted by atomic mass is 9.76. The molecule has 0 amide bonds. The van der Waals surface area contributed by atoms with Gasteiger partial charge >= 0.3 is 5.97 Å². The highest BCUT2D eigenvalue weighted by molar-refractivity contribution is 6.31. The van der Waals surface area contributed by atoms with Gasteiger partial charge in [-0.15, -0.1) is 0 Å². The summed E-state index contributed by atoms with van der Waals surface area (Å²) in [5.41, 5.74) is 3.20. The first kappa shape index (κ1) is 29.5. The third kappa shape index (κ3) is 7.08. The van der Waals surface area contributed by atoms with Gasteiger partial charge in [0.05, 0.1) is 16.9 Å². The summed E-state index contributed by atoms with van der Waals surface area (Å²) in [6.07, 6.45) is 11.7. The van der Waals surface area contributed by atoms with E-state index in [9.17, 15) is 15.0 Å². The fraction of sp³-hybridized carbons (Fsp3) is 0.438. The lowest BCUT2D eigenvalue weighted by Gasteiger charge is -2.42. The molecule has 1 aromatic carbocycles. The van der Waals surface area contributed by atoms with E-state index in [2.05, 4.69) is 16.0 Å². The number of halogens is 1. The van der Waals surface area contributed by atoms with Crippen LogP contribution in [0.2, 0.25) is 0 Å². The predicted molar refractivity (Wildman–Crippen MR) is 156 cm³/mol. The Morgan fingerprint density at radius 3 is 2.88 bits per heavy atom. The molecule has 0 saturated carbocycles. The lowest BCUT2D eigenvalue weighted by Crippen LogP contribution is -2.48. The van der Waals surface area contributed by atoms with Crippen molar-refractivity contribution in [1.29, 1.82) is 0 Å². The van der Waals surface area contributed by atoms with Gasteiger partial charge in [0.1, 0.15) is 19.0 Å². The second-order valence-electron chi connectivity index (χ2n) is 10.6. The summed E-state index contributed by atoms with van der Waals surface area (Å²) >= 11 is 6.07. The van der Waals surface area contributed by atoms with E-state index in [1.807, 2.05) is 30.4 Å². The van der Waals surface area contributed by atoms with Crippen LogP contribution in [0.5, 0.6) is 5.75 Å². The molecule has 41 heavy (non-hydrogen) atoms. The number of carbonyl (C=O) groups is 1. The molecule has 2 aliphatic heterocycles. The van der Waals surface area contributed by atoms with Crippen LogP contribution in [0.1, 0.15) is 59.8 Å². The highest BCUT2D eigenvalue weighted by Crippen LogP contribution is 2.38. The molecule has 2 aromatic rings. The Bertz CT molecular complexity index is 1330. The van der Waals surface area contributed by atoms with Gasteiger partial charge in [-0.2, -0.15) is 0 Å². The minimum absolute atomic E-state index is 0.101. The van der Waals surface area contributed by atoms with Crippen molar-refractivity contribution in [3.8, 4) is 5.75 Å². The fourth-order valence-electron chi connectivity index (χ4n) is 5.69. The summed E-state index contributed by atoms with van der Waals surface area (Å²) in [7, 11) is 0. The van der Waals surface area contributed by atoms with Crippen LogP contribution < -0.4 is 4.74 Å². The van der Waals surface area contributed by atoms with Crippen LogP contribution in [0.15, 0.2) is 65.9 Å². The van der Waals surface area contributed by atoms with Gasteiger partial charge in [0, 0.05) is 54.5 Å². The van der Waals surface area contributed by atoms with Gasteiger partial charge in [-0.1, -0.05) is 35.9 Å². The summed E-state index contributed by atoms with van der Waals surface area (Å²) in [5, 5.41) is 21.8. The predicted octanol–water partition coefficient (Wildman–Crippen LogP) is 4.83. The SMILES string of the molecule is CCOC(O)COC(=O)c1ccc2c(c1)/C(=C/CCN1CCC(O)(C3C=CC(Cl)=CC3)CC1)c1cccnc1CO2. The first-order chi connectivity index (χ1) is 19.9. The molecule has 3 heterocycles. The van der Waals surface area contributed by atoms with Crippen molar-refractivity contribution in [2.75, 3.05) is 32.8 Å². The Kier molecular flexibility index (Phi) is 9.57. The third-order valence-corrected chi connectivity index (χ3v) is 8.31. The lowest BCUT2D eigenvalue weighted by molar-refractivity contribution is -0.123. The summed E-state index contributed by atoms with van der Waals surface area (Å²) in [5.74, 6) is 0.217. The van der Waals surface area contributed by atoms with Crippen LogP contribution >= 0.6 is 11.6 Å². The number of allylic oxidation sites excluding steroid dienone is 3. The van der Waals surface area contributed by atoms with E-state index in [0.29, 0.717) is 24.5 Å². The Hall–Kier alpha value is -3.01. The van der Waals surface area contributed by atoms with Crippen LogP contribution in [0.25, 0.3) is 5.57 Å². The largest absolute Gasteiger partial charge is 0.487 e. The van der Waals surface area contributed by atoms with E-state index in [4.69, 9.17) is 25.8 Å². The van der Waals surface area contributed by atoms with Crippen molar-refractivity contribution in [3.63, 3.8) is 0 Å². The number of esters is 1. The van der Waals surface area contributed by atoms with Crippen LogP contribution in [0.4, 0.5) is 0 Å². The third-order valence-electron chi connectivity index (χ3n) is 8.03. The molecule has 1 saturated heterocycles. The summed E-state index contributed by atoms with van der Waals surface area (Å²) in [4.78, 5) is 19.7. The first-order valence-corrected chi connectivity index (χ1v) is 14.6. The van der Waals surface area contributed by atoms with E-state index in [1.165, 1.54) is 0 Å². The number of nitrogens with zero attached hydrogens (tertiary/aromatic N) is 2.